The summed E-state index contributed by atoms with van der Waals surface area (Å²) in [5.41, 5.74) is 1.66. The molecule has 0 saturated heterocycles. The predicted molar refractivity (Wildman–Crippen MR) is 113 cm³/mol. The molecule has 1 amide bonds. The molecule has 3 N–H and O–H groups in total. The highest BCUT2D eigenvalue weighted by atomic mass is 127. The summed E-state index contributed by atoms with van der Waals surface area (Å²) >= 11 is 5.96. The Morgan fingerprint density at radius 2 is 2.08 bits per heavy atom. The quantitative estimate of drug-likeness (QED) is 0.342. The van der Waals surface area contributed by atoms with Crippen molar-refractivity contribution in [1.82, 2.24) is 15.6 Å². The number of nitrogens with one attached hydrogen (secondary N) is 3. The van der Waals surface area contributed by atoms with E-state index in [4.69, 9.17) is 11.6 Å². The second-order valence-corrected chi connectivity index (χ2v) is 5.40. The standard InChI is InChI=1S/C17H20ClN5O.HI/c1-2-20-17(21-10-13-5-3-6-14(18)9-13)22-12-16(24)23-15-7-4-8-19-11-15;/h3-9,11H,2,10,12H2,1H3,(H,23,24)(H2,20,21,22);1H. The van der Waals surface area contributed by atoms with Crippen LogP contribution in [0.25, 0.3) is 0 Å². The van der Waals surface area contributed by atoms with E-state index >= 15 is 0 Å². The number of aromatic nitrogens is 1. The molecule has 0 spiro atoms. The summed E-state index contributed by atoms with van der Waals surface area (Å²) in [6.45, 7) is 3.24. The van der Waals surface area contributed by atoms with Crippen LogP contribution >= 0.6 is 35.6 Å². The number of nitrogens with zero attached hydrogens (tertiary/aromatic N) is 2. The lowest BCUT2D eigenvalue weighted by atomic mass is 10.2. The summed E-state index contributed by atoms with van der Waals surface area (Å²) < 4.78 is 0. The molecule has 134 valence electrons. The number of benzene rings is 1. The smallest absolute Gasteiger partial charge is 0.243 e. The van der Waals surface area contributed by atoms with E-state index in [9.17, 15) is 4.79 Å². The van der Waals surface area contributed by atoms with Crippen molar-refractivity contribution in [3.63, 3.8) is 0 Å². The lowest BCUT2D eigenvalue weighted by Crippen LogP contribution is -2.41. The van der Waals surface area contributed by atoms with Crippen LogP contribution in [-0.2, 0) is 11.3 Å². The Morgan fingerprint density at radius 3 is 2.76 bits per heavy atom. The van der Waals surface area contributed by atoms with Crippen molar-refractivity contribution >= 4 is 53.1 Å². The summed E-state index contributed by atoms with van der Waals surface area (Å²) in [7, 11) is 0. The van der Waals surface area contributed by atoms with Gasteiger partial charge in [0.2, 0.25) is 5.91 Å². The third-order valence-corrected chi connectivity index (χ3v) is 3.25. The number of hydrogen-bond donors (Lipinski definition) is 3. The molecule has 0 radical (unpaired) electrons. The number of guanidine groups is 1. The van der Waals surface area contributed by atoms with Crippen molar-refractivity contribution < 1.29 is 4.79 Å². The Labute approximate surface area is 169 Å². The maximum Gasteiger partial charge on any atom is 0.243 e. The van der Waals surface area contributed by atoms with E-state index in [1.165, 1.54) is 0 Å². The number of carbonyl (C=O) groups excluding carboxylic acids is 1. The minimum Gasteiger partial charge on any atom is -0.357 e. The fourth-order valence-corrected chi connectivity index (χ4v) is 2.17. The van der Waals surface area contributed by atoms with Gasteiger partial charge >= 0.3 is 0 Å². The molecule has 25 heavy (non-hydrogen) atoms. The van der Waals surface area contributed by atoms with E-state index in [0.29, 0.717) is 29.8 Å². The molecule has 2 rings (SSSR count). The van der Waals surface area contributed by atoms with Crippen LogP contribution < -0.4 is 16.0 Å². The minimum atomic E-state index is -0.170. The zero-order chi connectivity index (χ0) is 17.2. The predicted octanol–water partition coefficient (Wildman–Crippen LogP) is 3.05. The Kier molecular flexibility index (Phi) is 9.86. The van der Waals surface area contributed by atoms with Crippen LogP contribution in [-0.4, -0.2) is 29.9 Å². The van der Waals surface area contributed by atoms with Crippen molar-refractivity contribution in [2.24, 2.45) is 4.99 Å². The molecule has 1 aromatic heterocycles. The van der Waals surface area contributed by atoms with E-state index in [1.807, 2.05) is 31.2 Å². The van der Waals surface area contributed by atoms with Crippen LogP contribution in [0.5, 0.6) is 0 Å². The summed E-state index contributed by atoms with van der Waals surface area (Å²) in [6.07, 6.45) is 3.25. The van der Waals surface area contributed by atoms with Crippen LogP contribution in [0.1, 0.15) is 12.5 Å². The zero-order valence-corrected chi connectivity index (χ0v) is 16.9. The summed E-state index contributed by atoms with van der Waals surface area (Å²) in [4.78, 5) is 20.3. The second-order valence-electron chi connectivity index (χ2n) is 4.97. The lowest BCUT2D eigenvalue weighted by molar-refractivity contribution is -0.115. The van der Waals surface area contributed by atoms with Crippen molar-refractivity contribution in [1.29, 1.82) is 0 Å². The zero-order valence-electron chi connectivity index (χ0n) is 13.8. The maximum atomic E-state index is 11.9. The van der Waals surface area contributed by atoms with Gasteiger partial charge in [0.25, 0.3) is 0 Å². The molecule has 1 heterocycles. The van der Waals surface area contributed by atoms with E-state index in [1.54, 1.807) is 24.5 Å². The molecule has 0 bridgehead atoms. The topological polar surface area (TPSA) is 78.4 Å². The van der Waals surface area contributed by atoms with Gasteiger partial charge in [-0.2, -0.15) is 0 Å². The number of carbonyl (C=O) groups is 1. The van der Waals surface area contributed by atoms with E-state index in [-0.39, 0.29) is 36.4 Å². The van der Waals surface area contributed by atoms with Gasteiger partial charge in [-0.05, 0) is 36.8 Å². The molecule has 0 aliphatic heterocycles. The number of aliphatic imine (C=N–C) groups is 1. The highest BCUT2D eigenvalue weighted by molar-refractivity contribution is 14.0. The van der Waals surface area contributed by atoms with Gasteiger partial charge in [0, 0.05) is 17.8 Å². The van der Waals surface area contributed by atoms with Crippen molar-refractivity contribution in [2.45, 2.75) is 13.5 Å². The molecule has 0 fully saturated rings. The van der Waals surface area contributed by atoms with Gasteiger partial charge < -0.3 is 16.0 Å². The highest BCUT2D eigenvalue weighted by Crippen LogP contribution is 2.11. The first-order valence-corrected chi connectivity index (χ1v) is 8.01. The number of halogens is 2. The van der Waals surface area contributed by atoms with Crippen LogP contribution in [0, 0.1) is 0 Å². The largest absolute Gasteiger partial charge is 0.357 e. The highest BCUT2D eigenvalue weighted by Gasteiger charge is 2.04. The van der Waals surface area contributed by atoms with Crippen molar-refractivity contribution in [3.8, 4) is 0 Å². The molecule has 6 nitrogen and oxygen atoms in total. The van der Waals surface area contributed by atoms with Crippen LogP contribution in [0.2, 0.25) is 5.02 Å². The number of anilines is 1. The number of hydrogen-bond acceptors (Lipinski definition) is 3. The molecule has 2 aromatic rings. The van der Waals surface area contributed by atoms with Crippen LogP contribution in [0.4, 0.5) is 5.69 Å². The molecular formula is C17H21ClIN5O. The van der Waals surface area contributed by atoms with Crippen molar-refractivity contribution in [3.05, 3.63) is 59.4 Å². The monoisotopic (exact) mass is 473 g/mol. The minimum absolute atomic E-state index is 0. The Hall–Kier alpha value is -1.87. The van der Waals surface area contributed by atoms with Crippen LogP contribution in [0.3, 0.4) is 0 Å². The normalized spacial score (nSPS) is 10.6. The molecule has 0 saturated carbocycles. The molecule has 0 aliphatic carbocycles. The number of amides is 1. The molecule has 0 atom stereocenters. The third-order valence-electron chi connectivity index (χ3n) is 3.01. The fraction of sp³-hybridized carbons (Fsp3) is 0.235. The molecule has 8 heteroatoms. The number of rotatable bonds is 6. The average Bonchev–Trinajstić information content (AvgIpc) is 2.58. The Balaban J connectivity index is 0.00000312. The van der Waals surface area contributed by atoms with Gasteiger partial charge in [-0.15, -0.1) is 24.0 Å². The van der Waals surface area contributed by atoms with Crippen LogP contribution in [0.15, 0.2) is 53.8 Å². The van der Waals surface area contributed by atoms with Gasteiger partial charge in [-0.3, -0.25) is 9.78 Å². The van der Waals surface area contributed by atoms with Gasteiger partial charge in [-0.25, -0.2) is 4.99 Å². The van der Waals surface area contributed by atoms with Gasteiger partial charge in [-0.1, -0.05) is 23.7 Å². The molecule has 0 aliphatic rings. The van der Waals surface area contributed by atoms with E-state index in [0.717, 1.165) is 5.56 Å². The lowest BCUT2D eigenvalue weighted by Gasteiger charge is -2.11. The first-order valence-electron chi connectivity index (χ1n) is 7.64. The van der Waals surface area contributed by atoms with Crippen molar-refractivity contribution in [2.75, 3.05) is 18.4 Å². The molecule has 1 aromatic carbocycles. The summed E-state index contributed by atoms with van der Waals surface area (Å²) in [5, 5.41) is 9.53. The van der Waals surface area contributed by atoms with E-state index in [2.05, 4.69) is 25.9 Å². The Bertz CT molecular complexity index is 696. The molecular weight excluding hydrogens is 453 g/mol. The SMILES string of the molecule is CCNC(=NCc1cccc(Cl)c1)NCC(=O)Nc1cccnc1.I. The first-order chi connectivity index (χ1) is 11.7. The van der Waals surface area contributed by atoms with Gasteiger partial charge in [0.1, 0.15) is 0 Å². The average molecular weight is 474 g/mol. The third kappa shape index (κ3) is 8.17. The maximum absolute atomic E-state index is 11.9. The van der Waals surface area contributed by atoms with Gasteiger partial charge in [0.05, 0.1) is 25.0 Å². The second kappa shape index (κ2) is 11.6. The van der Waals surface area contributed by atoms with E-state index < -0.39 is 0 Å². The summed E-state index contributed by atoms with van der Waals surface area (Å²) in [6, 6.07) is 11.1. The Morgan fingerprint density at radius 1 is 1.24 bits per heavy atom. The number of pyridine rings is 1. The molecule has 0 unspecified atom stereocenters. The van der Waals surface area contributed by atoms with Gasteiger partial charge in [0.15, 0.2) is 5.96 Å². The first kappa shape index (κ1) is 21.2. The summed E-state index contributed by atoms with van der Waals surface area (Å²) in [5.74, 6) is 0.398. The fourth-order valence-electron chi connectivity index (χ4n) is 1.95.